The number of rotatable bonds is 5. The highest BCUT2D eigenvalue weighted by Gasteiger charge is 2.29. The number of hydrogen-bond acceptors (Lipinski definition) is 5. The minimum atomic E-state index is 0.0287. The maximum Gasteiger partial charge on any atom is 0.319 e. The van der Waals surface area contributed by atoms with E-state index in [1.165, 1.54) is 5.56 Å². The molecule has 1 aromatic heterocycles. The number of nitrogens with zero attached hydrogens (tertiary/aromatic N) is 4. The van der Waals surface area contributed by atoms with Crippen LogP contribution in [0.3, 0.4) is 0 Å². The zero-order chi connectivity index (χ0) is 18.5. The summed E-state index contributed by atoms with van der Waals surface area (Å²) in [7, 11) is 3.54. The molecule has 1 atom stereocenters. The second kappa shape index (κ2) is 8.21. The van der Waals surface area contributed by atoms with Crippen LogP contribution in [-0.4, -0.2) is 59.8 Å². The van der Waals surface area contributed by atoms with Crippen molar-refractivity contribution in [3.05, 3.63) is 41.5 Å². The summed E-state index contributed by atoms with van der Waals surface area (Å²) in [5.41, 5.74) is 1.17. The Morgan fingerprint density at radius 1 is 1.42 bits per heavy atom. The molecule has 1 fully saturated rings. The summed E-state index contributed by atoms with van der Waals surface area (Å²) in [6, 6.07) is 7.97. The highest BCUT2D eigenvalue weighted by atomic mass is 16.5. The Morgan fingerprint density at radius 3 is 3.04 bits per heavy atom. The molecule has 1 unspecified atom stereocenters. The predicted octanol–water partition coefficient (Wildman–Crippen LogP) is 2.86. The van der Waals surface area contributed by atoms with Crippen LogP contribution in [0, 0.1) is 6.92 Å². The highest BCUT2D eigenvalue weighted by molar-refractivity contribution is 5.74. The average Bonchev–Trinajstić information content (AvgIpc) is 3.10. The third-order valence-electron chi connectivity index (χ3n) is 4.49. The van der Waals surface area contributed by atoms with Crippen molar-refractivity contribution in [1.29, 1.82) is 0 Å². The average molecular weight is 358 g/mol. The molecule has 2 heterocycles. The molecule has 0 spiro atoms. The van der Waals surface area contributed by atoms with Crippen molar-refractivity contribution in [2.75, 3.05) is 33.8 Å². The summed E-state index contributed by atoms with van der Waals surface area (Å²) in [6.45, 7) is 3.93. The van der Waals surface area contributed by atoms with Gasteiger partial charge in [-0.2, -0.15) is 4.98 Å². The molecule has 1 aliphatic rings. The van der Waals surface area contributed by atoms with Gasteiger partial charge in [0.05, 0.1) is 12.5 Å². The van der Waals surface area contributed by atoms with Crippen LogP contribution in [0.25, 0.3) is 0 Å². The van der Waals surface area contributed by atoms with Crippen molar-refractivity contribution >= 4 is 6.03 Å². The van der Waals surface area contributed by atoms with Crippen LogP contribution in [0.2, 0.25) is 0 Å². The second-order valence-electron chi connectivity index (χ2n) is 6.93. The zero-order valence-electron chi connectivity index (χ0n) is 15.6. The largest absolute Gasteiger partial charge is 0.493 e. The zero-order valence-corrected chi connectivity index (χ0v) is 15.6. The van der Waals surface area contributed by atoms with E-state index in [9.17, 15) is 4.79 Å². The Kier molecular flexibility index (Phi) is 5.75. The van der Waals surface area contributed by atoms with E-state index in [4.69, 9.17) is 9.26 Å². The number of aryl methyl sites for hydroxylation is 1. The fraction of sp³-hybridized carbons (Fsp3) is 0.526. The molecular weight excluding hydrogens is 332 g/mol. The molecule has 1 saturated heterocycles. The van der Waals surface area contributed by atoms with Crippen LogP contribution >= 0.6 is 0 Å². The first-order chi connectivity index (χ1) is 12.5. The third kappa shape index (κ3) is 4.53. The maximum atomic E-state index is 12.1. The van der Waals surface area contributed by atoms with E-state index in [0.29, 0.717) is 31.3 Å². The molecule has 0 bridgehead atoms. The van der Waals surface area contributed by atoms with Crippen LogP contribution in [-0.2, 0) is 6.42 Å². The van der Waals surface area contributed by atoms with E-state index < -0.39 is 0 Å². The van der Waals surface area contributed by atoms with Gasteiger partial charge in [0.25, 0.3) is 0 Å². The van der Waals surface area contributed by atoms with E-state index in [2.05, 4.69) is 10.1 Å². The lowest BCUT2D eigenvalue weighted by Gasteiger charge is -2.32. The Balaban J connectivity index is 1.53. The van der Waals surface area contributed by atoms with Crippen LogP contribution in [0.1, 0.15) is 36.0 Å². The number of ether oxygens (including phenoxy) is 1. The molecule has 26 heavy (non-hydrogen) atoms. The van der Waals surface area contributed by atoms with Gasteiger partial charge in [-0.05, 0) is 37.5 Å². The molecule has 0 N–H and O–H groups in total. The first-order valence-electron chi connectivity index (χ1n) is 9.01. The van der Waals surface area contributed by atoms with Crippen molar-refractivity contribution in [2.24, 2.45) is 0 Å². The van der Waals surface area contributed by atoms with Crippen molar-refractivity contribution in [3.63, 3.8) is 0 Å². The summed E-state index contributed by atoms with van der Waals surface area (Å²) in [5, 5.41) is 4.07. The van der Waals surface area contributed by atoms with Crippen LogP contribution in [0.5, 0.6) is 5.75 Å². The van der Waals surface area contributed by atoms with Crippen molar-refractivity contribution in [3.8, 4) is 5.75 Å². The molecule has 140 valence electrons. The molecule has 0 saturated carbocycles. The van der Waals surface area contributed by atoms with Crippen LogP contribution in [0.15, 0.2) is 28.8 Å². The van der Waals surface area contributed by atoms with Gasteiger partial charge in [-0.25, -0.2) is 4.79 Å². The monoisotopic (exact) mass is 358 g/mol. The molecule has 0 aliphatic carbocycles. The summed E-state index contributed by atoms with van der Waals surface area (Å²) in [4.78, 5) is 20.1. The van der Waals surface area contributed by atoms with E-state index in [1.54, 1.807) is 19.0 Å². The summed E-state index contributed by atoms with van der Waals surface area (Å²) < 4.78 is 11.2. The lowest BCUT2D eigenvalue weighted by molar-refractivity contribution is 0.149. The fourth-order valence-corrected chi connectivity index (χ4v) is 3.14. The van der Waals surface area contributed by atoms with E-state index in [0.717, 1.165) is 25.1 Å². The van der Waals surface area contributed by atoms with Gasteiger partial charge in [0.15, 0.2) is 5.82 Å². The number of likely N-dealkylation sites (tertiary alicyclic amines) is 1. The molecule has 1 aromatic carbocycles. The lowest BCUT2D eigenvalue weighted by atomic mass is 9.98. The molecule has 2 amide bonds. The quantitative estimate of drug-likeness (QED) is 0.822. The number of aromatic nitrogens is 2. The number of amides is 2. The fourth-order valence-electron chi connectivity index (χ4n) is 3.14. The SMILES string of the molecule is Cc1cccc(OCCc2noc(C3CCCN(C(=O)N(C)C)C3)n2)c1. The second-order valence-corrected chi connectivity index (χ2v) is 6.93. The normalized spacial score (nSPS) is 17.2. The van der Waals surface area contributed by atoms with Gasteiger partial charge in [-0.3, -0.25) is 0 Å². The van der Waals surface area contributed by atoms with Gasteiger partial charge in [0, 0.05) is 33.6 Å². The first-order valence-corrected chi connectivity index (χ1v) is 9.01. The number of urea groups is 1. The van der Waals surface area contributed by atoms with Gasteiger partial charge in [0.1, 0.15) is 5.75 Å². The topological polar surface area (TPSA) is 71.7 Å². The maximum absolute atomic E-state index is 12.1. The van der Waals surface area contributed by atoms with Crippen LogP contribution < -0.4 is 4.74 Å². The van der Waals surface area contributed by atoms with Crippen molar-refractivity contribution in [2.45, 2.75) is 32.1 Å². The van der Waals surface area contributed by atoms with E-state index >= 15 is 0 Å². The predicted molar refractivity (Wildman–Crippen MR) is 97.3 cm³/mol. The molecular formula is C19H26N4O3. The Hall–Kier alpha value is -2.57. The number of hydrogen-bond donors (Lipinski definition) is 0. The molecule has 1 aliphatic heterocycles. The van der Waals surface area contributed by atoms with Gasteiger partial charge in [-0.1, -0.05) is 17.3 Å². The standard InChI is InChI=1S/C19H26N4O3/c1-14-6-4-8-16(12-14)25-11-9-17-20-18(26-21-17)15-7-5-10-23(13-15)19(24)22(2)3/h4,6,8,12,15H,5,7,9-11,13H2,1-3H3. The first kappa shape index (κ1) is 18.2. The smallest absolute Gasteiger partial charge is 0.319 e. The van der Waals surface area contributed by atoms with Crippen molar-refractivity contribution in [1.82, 2.24) is 19.9 Å². The van der Waals surface area contributed by atoms with E-state index in [-0.39, 0.29) is 11.9 Å². The number of carbonyl (C=O) groups is 1. The van der Waals surface area contributed by atoms with Crippen molar-refractivity contribution < 1.29 is 14.1 Å². The molecule has 2 aromatic rings. The van der Waals surface area contributed by atoms with Gasteiger partial charge >= 0.3 is 6.03 Å². The molecule has 0 radical (unpaired) electrons. The lowest BCUT2D eigenvalue weighted by Crippen LogP contribution is -2.44. The summed E-state index contributed by atoms with van der Waals surface area (Å²) in [6.07, 6.45) is 2.49. The Morgan fingerprint density at radius 2 is 2.27 bits per heavy atom. The summed E-state index contributed by atoms with van der Waals surface area (Å²) in [5.74, 6) is 2.21. The van der Waals surface area contributed by atoms with Gasteiger partial charge in [0.2, 0.25) is 5.89 Å². The number of piperidine rings is 1. The van der Waals surface area contributed by atoms with Gasteiger partial charge in [-0.15, -0.1) is 0 Å². The molecule has 7 nitrogen and oxygen atoms in total. The Labute approximate surface area is 153 Å². The van der Waals surface area contributed by atoms with Crippen LogP contribution in [0.4, 0.5) is 4.79 Å². The Bertz CT molecular complexity index is 744. The number of benzene rings is 1. The summed E-state index contributed by atoms with van der Waals surface area (Å²) >= 11 is 0. The van der Waals surface area contributed by atoms with E-state index in [1.807, 2.05) is 36.1 Å². The minimum Gasteiger partial charge on any atom is -0.493 e. The minimum absolute atomic E-state index is 0.0287. The number of carbonyl (C=O) groups excluding carboxylic acids is 1. The third-order valence-corrected chi connectivity index (χ3v) is 4.49. The molecule has 3 rings (SSSR count). The highest BCUT2D eigenvalue weighted by Crippen LogP contribution is 2.26. The van der Waals surface area contributed by atoms with Gasteiger partial charge < -0.3 is 19.1 Å². The molecule has 7 heteroatoms.